The second-order valence-electron chi connectivity index (χ2n) is 5.41. The van der Waals surface area contributed by atoms with Crippen LogP contribution in [0.25, 0.3) is 0 Å². The lowest BCUT2D eigenvalue weighted by Crippen LogP contribution is -2.45. The summed E-state index contributed by atoms with van der Waals surface area (Å²) in [7, 11) is 0. The highest BCUT2D eigenvalue weighted by atomic mass is 16.6. The van der Waals surface area contributed by atoms with Crippen LogP contribution in [0.15, 0.2) is 0 Å². The molecule has 6 heteroatoms. The van der Waals surface area contributed by atoms with Gasteiger partial charge in [0.15, 0.2) is 0 Å². The highest BCUT2D eigenvalue weighted by Crippen LogP contribution is 2.17. The third-order valence-corrected chi connectivity index (χ3v) is 2.51. The van der Waals surface area contributed by atoms with Crippen molar-refractivity contribution in [2.75, 3.05) is 6.61 Å². The lowest BCUT2D eigenvalue weighted by Gasteiger charge is -2.23. The first-order valence-corrected chi connectivity index (χ1v) is 6.12. The zero-order chi connectivity index (χ0) is 13.8. The molecule has 6 nitrogen and oxygen atoms in total. The summed E-state index contributed by atoms with van der Waals surface area (Å²) in [4.78, 5) is 22.6. The van der Waals surface area contributed by atoms with E-state index in [1.54, 1.807) is 20.8 Å². The molecule has 1 aliphatic heterocycles. The smallest absolute Gasteiger partial charge is 0.408 e. The van der Waals surface area contributed by atoms with Crippen LogP contribution in [0.1, 0.15) is 40.0 Å². The summed E-state index contributed by atoms with van der Waals surface area (Å²) >= 11 is 0. The average molecular weight is 259 g/mol. The Bertz CT molecular complexity index is 304. The Morgan fingerprint density at radius 3 is 2.61 bits per heavy atom. The molecule has 1 rings (SSSR count). The molecule has 0 aliphatic carbocycles. The second-order valence-corrected chi connectivity index (χ2v) is 5.41. The summed E-state index contributed by atoms with van der Waals surface area (Å²) in [6, 6.07) is -0.969. The molecule has 0 radical (unpaired) electrons. The summed E-state index contributed by atoms with van der Waals surface area (Å²) < 4.78 is 10.4. The predicted molar refractivity (Wildman–Crippen MR) is 64.4 cm³/mol. The Hall–Kier alpha value is -1.30. The fraction of sp³-hybridized carbons (Fsp3) is 0.833. The number of ether oxygens (including phenoxy) is 2. The first kappa shape index (κ1) is 14.8. The number of aliphatic carboxylic acids is 1. The third-order valence-electron chi connectivity index (χ3n) is 2.51. The van der Waals surface area contributed by atoms with Gasteiger partial charge in [0.1, 0.15) is 11.6 Å². The van der Waals surface area contributed by atoms with E-state index in [0.717, 1.165) is 12.8 Å². The highest BCUT2D eigenvalue weighted by Gasteiger charge is 2.28. The zero-order valence-corrected chi connectivity index (χ0v) is 11.1. The molecule has 1 amide bonds. The molecule has 18 heavy (non-hydrogen) atoms. The maximum absolute atomic E-state index is 11.5. The second kappa shape index (κ2) is 6.04. The molecule has 1 aliphatic rings. The van der Waals surface area contributed by atoms with E-state index in [1.807, 2.05) is 0 Å². The van der Waals surface area contributed by atoms with E-state index in [-0.39, 0.29) is 12.5 Å². The van der Waals surface area contributed by atoms with Gasteiger partial charge in [0, 0.05) is 13.0 Å². The van der Waals surface area contributed by atoms with Crippen LogP contribution < -0.4 is 5.32 Å². The number of carboxylic acids is 1. The molecule has 0 aromatic rings. The summed E-state index contributed by atoms with van der Waals surface area (Å²) in [6.45, 7) is 5.83. The van der Waals surface area contributed by atoms with E-state index in [0.29, 0.717) is 6.61 Å². The van der Waals surface area contributed by atoms with Gasteiger partial charge in [0.05, 0.1) is 6.10 Å². The standard InChI is InChI=1S/C12H21NO5/c1-12(2,3)18-11(16)13-9(10(14)15)7-8-5-4-6-17-8/h8-9H,4-7H2,1-3H3,(H,13,16)(H,14,15)/t8-,9?/m0/s1. The molecule has 0 aromatic heterocycles. The van der Waals surface area contributed by atoms with Gasteiger partial charge in [-0.15, -0.1) is 0 Å². The van der Waals surface area contributed by atoms with Crippen LogP contribution in [0.3, 0.4) is 0 Å². The first-order valence-electron chi connectivity index (χ1n) is 6.12. The molecular formula is C12H21NO5. The molecule has 0 spiro atoms. The normalized spacial score (nSPS) is 21.4. The summed E-state index contributed by atoms with van der Waals surface area (Å²) in [5.41, 5.74) is -0.642. The van der Waals surface area contributed by atoms with Crippen molar-refractivity contribution in [3.8, 4) is 0 Å². The molecule has 1 saturated heterocycles. The van der Waals surface area contributed by atoms with Gasteiger partial charge in [-0.2, -0.15) is 0 Å². The molecule has 0 bridgehead atoms. The van der Waals surface area contributed by atoms with Gasteiger partial charge in [0.2, 0.25) is 0 Å². The minimum Gasteiger partial charge on any atom is -0.480 e. The van der Waals surface area contributed by atoms with Gasteiger partial charge in [-0.25, -0.2) is 9.59 Å². The number of hydrogen-bond donors (Lipinski definition) is 2. The van der Waals surface area contributed by atoms with E-state index < -0.39 is 23.7 Å². The van der Waals surface area contributed by atoms with Crippen LogP contribution in [0, 0.1) is 0 Å². The number of amides is 1. The Kier molecular flexibility index (Phi) is 4.95. The molecule has 2 N–H and O–H groups in total. The lowest BCUT2D eigenvalue weighted by atomic mass is 10.1. The fourth-order valence-electron chi connectivity index (χ4n) is 1.76. The molecule has 0 saturated carbocycles. The number of alkyl carbamates (subject to hydrolysis) is 1. The van der Waals surface area contributed by atoms with Crippen LogP contribution in [0.2, 0.25) is 0 Å². The maximum Gasteiger partial charge on any atom is 0.408 e. The van der Waals surface area contributed by atoms with E-state index in [4.69, 9.17) is 14.6 Å². The fourth-order valence-corrected chi connectivity index (χ4v) is 1.76. The number of hydrogen-bond acceptors (Lipinski definition) is 4. The third kappa shape index (κ3) is 5.35. The van der Waals surface area contributed by atoms with Crippen LogP contribution in [-0.2, 0) is 14.3 Å². The van der Waals surface area contributed by atoms with Crippen LogP contribution in [0.5, 0.6) is 0 Å². The molecule has 2 atom stereocenters. The van der Waals surface area contributed by atoms with Gasteiger partial charge < -0.3 is 19.9 Å². The minimum atomic E-state index is -1.07. The van der Waals surface area contributed by atoms with Gasteiger partial charge >= 0.3 is 12.1 Å². The highest BCUT2D eigenvalue weighted by molar-refractivity contribution is 5.80. The van der Waals surface area contributed by atoms with Crippen molar-refractivity contribution in [2.45, 2.75) is 57.8 Å². The van der Waals surface area contributed by atoms with Gasteiger partial charge in [0.25, 0.3) is 0 Å². The number of carboxylic acid groups (broad SMARTS) is 1. The topological polar surface area (TPSA) is 84.9 Å². The summed E-state index contributed by atoms with van der Waals surface area (Å²) in [6.07, 6.45) is 1.23. The van der Waals surface area contributed by atoms with Crippen LogP contribution in [0.4, 0.5) is 4.79 Å². The van der Waals surface area contributed by atoms with Crippen molar-refractivity contribution in [3.63, 3.8) is 0 Å². The van der Waals surface area contributed by atoms with Crippen molar-refractivity contribution in [1.29, 1.82) is 0 Å². The van der Waals surface area contributed by atoms with Crippen LogP contribution >= 0.6 is 0 Å². The minimum absolute atomic E-state index is 0.0963. The number of nitrogens with one attached hydrogen (secondary N) is 1. The Labute approximate surface area is 107 Å². The van der Waals surface area contributed by atoms with Crippen LogP contribution in [-0.4, -0.2) is 41.5 Å². The molecule has 104 valence electrons. The van der Waals surface area contributed by atoms with Crippen molar-refractivity contribution in [1.82, 2.24) is 5.32 Å². The van der Waals surface area contributed by atoms with Crippen molar-refractivity contribution >= 4 is 12.1 Å². The largest absolute Gasteiger partial charge is 0.480 e. The summed E-state index contributed by atoms with van der Waals surface area (Å²) in [5.74, 6) is -1.07. The zero-order valence-electron chi connectivity index (χ0n) is 11.1. The van der Waals surface area contributed by atoms with Gasteiger partial charge in [-0.1, -0.05) is 0 Å². The van der Waals surface area contributed by atoms with E-state index in [9.17, 15) is 9.59 Å². The van der Waals surface area contributed by atoms with Crippen molar-refractivity contribution < 1.29 is 24.2 Å². The van der Waals surface area contributed by atoms with Crippen molar-refractivity contribution in [2.24, 2.45) is 0 Å². The van der Waals surface area contributed by atoms with E-state index >= 15 is 0 Å². The quantitative estimate of drug-likeness (QED) is 0.799. The van der Waals surface area contributed by atoms with Gasteiger partial charge in [-0.05, 0) is 33.6 Å². The molecular weight excluding hydrogens is 238 g/mol. The monoisotopic (exact) mass is 259 g/mol. The molecule has 1 unspecified atom stereocenters. The van der Waals surface area contributed by atoms with Crippen molar-refractivity contribution in [3.05, 3.63) is 0 Å². The molecule has 1 heterocycles. The molecule has 0 aromatic carbocycles. The Morgan fingerprint density at radius 2 is 2.17 bits per heavy atom. The number of carbonyl (C=O) groups is 2. The summed E-state index contributed by atoms with van der Waals surface area (Å²) in [5, 5.41) is 11.4. The average Bonchev–Trinajstić information content (AvgIpc) is 2.66. The Morgan fingerprint density at radius 1 is 1.50 bits per heavy atom. The first-order chi connectivity index (χ1) is 8.28. The number of rotatable bonds is 4. The SMILES string of the molecule is CC(C)(C)OC(=O)NC(C[C@@H]1CCCO1)C(=O)O. The molecule has 1 fully saturated rings. The number of carbonyl (C=O) groups excluding carboxylic acids is 1. The lowest BCUT2D eigenvalue weighted by molar-refractivity contribution is -0.140. The van der Waals surface area contributed by atoms with E-state index in [2.05, 4.69) is 5.32 Å². The van der Waals surface area contributed by atoms with E-state index in [1.165, 1.54) is 0 Å². The predicted octanol–water partition coefficient (Wildman–Crippen LogP) is 1.53. The van der Waals surface area contributed by atoms with Gasteiger partial charge in [-0.3, -0.25) is 0 Å². The Balaban J connectivity index is 2.46. The maximum atomic E-state index is 11.5.